The number of nitrogens with two attached hydrogens (primary N) is 2. The van der Waals surface area contributed by atoms with E-state index in [0.717, 1.165) is 18.3 Å². The molecule has 5 N–H and O–H groups in total. The van der Waals surface area contributed by atoms with E-state index in [1.807, 2.05) is 4.90 Å². The van der Waals surface area contributed by atoms with Crippen molar-refractivity contribution in [1.82, 2.24) is 19.9 Å². The van der Waals surface area contributed by atoms with Crippen LogP contribution in [-0.4, -0.2) is 64.3 Å². The second-order valence-electron chi connectivity index (χ2n) is 8.74. The summed E-state index contributed by atoms with van der Waals surface area (Å²) < 4.78 is 51.0. The maximum atomic E-state index is 13.5. The number of piperidine rings is 1. The van der Waals surface area contributed by atoms with E-state index in [4.69, 9.17) is 20.9 Å². The number of amides is 2. The quantitative estimate of drug-likeness (QED) is 0.400. The van der Waals surface area contributed by atoms with Crippen molar-refractivity contribution in [3.05, 3.63) is 54.1 Å². The second-order valence-corrected chi connectivity index (χ2v) is 8.74. The molecule has 0 spiro atoms. The molecule has 0 aromatic carbocycles. The summed E-state index contributed by atoms with van der Waals surface area (Å²) in [5.74, 6) is -0.948. The smallest absolute Gasteiger partial charge is 0.418 e. The first-order valence-corrected chi connectivity index (χ1v) is 11.7. The number of pyridine rings is 2. The zero-order valence-corrected chi connectivity index (χ0v) is 20.7. The van der Waals surface area contributed by atoms with E-state index < -0.39 is 40.7 Å². The predicted octanol–water partition coefficient (Wildman–Crippen LogP) is 2.87. The fourth-order valence-corrected chi connectivity index (χ4v) is 4.34. The van der Waals surface area contributed by atoms with E-state index in [0.29, 0.717) is 31.6 Å². The van der Waals surface area contributed by atoms with Crippen LogP contribution in [-0.2, 0) is 15.7 Å². The Morgan fingerprint density at radius 2 is 1.82 bits per heavy atom. The number of halogens is 3. The monoisotopic (exact) mass is 546 g/mol. The summed E-state index contributed by atoms with van der Waals surface area (Å²) in [7, 11) is 1.49. The number of nitrogens with zero attached hydrogens (tertiary/aromatic N) is 5. The van der Waals surface area contributed by atoms with E-state index >= 15 is 0 Å². The summed E-state index contributed by atoms with van der Waals surface area (Å²) in [5.41, 5.74) is 8.58. The van der Waals surface area contributed by atoms with Crippen molar-refractivity contribution in [1.29, 1.82) is 0 Å². The molecule has 0 unspecified atom stereocenters. The van der Waals surface area contributed by atoms with Crippen LogP contribution in [0.25, 0.3) is 11.4 Å². The van der Waals surface area contributed by atoms with Gasteiger partial charge < -0.3 is 31.2 Å². The van der Waals surface area contributed by atoms with Gasteiger partial charge in [0.1, 0.15) is 17.0 Å². The highest BCUT2D eigenvalue weighted by atomic mass is 19.4. The van der Waals surface area contributed by atoms with E-state index in [-0.39, 0.29) is 23.9 Å². The Morgan fingerprint density at radius 1 is 1.13 bits per heavy atom. The molecule has 1 saturated heterocycles. The lowest BCUT2D eigenvalue weighted by Gasteiger charge is -2.41. The van der Waals surface area contributed by atoms with Gasteiger partial charge in [0.15, 0.2) is 17.3 Å². The summed E-state index contributed by atoms with van der Waals surface area (Å²) >= 11 is 0. The first-order valence-electron chi connectivity index (χ1n) is 11.7. The zero-order valence-electron chi connectivity index (χ0n) is 20.7. The van der Waals surface area contributed by atoms with Crippen LogP contribution >= 0.6 is 0 Å². The summed E-state index contributed by atoms with van der Waals surface area (Å²) in [5, 5.41) is 2.62. The lowest BCUT2D eigenvalue weighted by Crippen LogP contribution is -2.50. The molecule has 2 amide bonds. The average Bonchev–Trinajstić information content (AvgIpc) is 2.89. The second kappa shape index (κ2) is 11.1. The summed E-state index contributed by atoms with van der Waals surface area (Å²) in [6.07, 6.45) is -1.14. The molecule has 1 aliphatic heterocycles. The number of aromatic nitrogens is 4. The maximum Gasteiger partial charge on any atom is 0.418 e. The molecule has 3 aromatic rings. The largest absolute Gasteiger partial charge is 0.440 e. The Balaban J connectivity index is 1.57. The standard InChI is InChI=1S/C24H25F3N8O4/c1-38-13-23(39-22(29)37)6-10-35(11-7-23)16-5-3-9-31-20(16)34-21(36)18-19(28)32-12-15(33-18)17-14(24(25,26)27)4-2-8-30-17/h2-5,8-9,12H,6-7,10-11,13H2,1H3,(H2,28,32)(H2,29,37)(H,31,34,36). The van der Waals surface area contributed by atoms with Gasteiger partial charge in [-0.25, -0.2) is 19.7 Å². The minimum atomic E-state index is -4.70. The van der Waals surface area contributed by atoms with Gasteiger partial charge in [-0.15, -0.1) is 0 Å². The van der Waals surface area contributed by atoms with Crippen molar-refractivity contribution in [3.63, 3.8) is 0 Å². The Hall–Kier alpha value is -4.53. The topological polar surface area (TPSA) is 171 Å². The van der Waals surface area contributed by atoms with E-state index in [9.17, 15) is 22.8 Å². The number of ether oxygens (including phenoxy) is 2. The first kappa shape index (κ1) is 27.5. The molecule has 0 atom stereocenters. The third kappa shape index (κ3) is 6.14. The number of alkyl halides is 3. The molecule has 206 valence electrons. The van der Waals surface area contributed by atoms with Crippen molar-refractivity contribution in [2.75, 3.05) is 42.8 Å². The normalized spacial score (nSPS) is 15.0. The van der Waals surface area contributed by atoms with E-state index in [1.165, 1.54) is 19.5 Å². The Labute approximate surface area is 220 Å². The fraction of sp³-hybridized carbons (Fsp3) is 0.333. The number of nitrogen functional groups attached to an aromatic ring is 1. The molecular formula is C24H25F3N8O4. The number of hydrogen-bond acceptors (Lipinski definition) is 10. The molecule has 0 saturated carbocycles. The molecule has 12 nitrogen and oxygen atoms in total. The van der Waals surface area contributed by atoms with Gasteiger partial charge in [0.25, 0.3) is 5.91 Å². The van der Waals surface area contributed by atoms with Crippen molar-refractivity contribution in [2.45, 2.75) is 24.6 Å². The number of rotatable bonds is 7. The average molecular weight is 547 g/mol. The fourth-order valence-electron chi connectivity index (χ4n) is 4.34. The predicted molar refractivity (Wildman–Crippen MR) is 134 cm³/mol. The SMILES string of the molecule is COCC1(OC(N)=O)CCN(c2cccnc2NC(=O)c2nc(-c3ncccc3C(F)(F)F)cnc2N)CC1. The molecule has 3 aromatic heterocycles. The molecule has 1 aliphatic rings. The number of carbonyl (C=O) groups is 2. The lowest BCUT2D eigenvalue weighted by atomic mass is 9.91. The molecule has 4 heterocycles. The molecule has 0 bridgehead atoms. The van der Waals surface area contributed by atoms with Crippen LogP contribution in [0.4, 0.5) is 35.3 Å². The maximum absolute atomic E-state index is 13.5. The van der Waals surface area contributed by atoms with Crippen LogP contribution in [0.3, 0.4) is 0 Å². The number of carbonyl (C=O) groups excluding carboxylic acids is 2. The van der Waals surface area contributed by atoms with Gasteiger partial charge in [0, 0.05) is 45.4 Å². The molecule has 0 radical (unpaired) electrons. The van der Waals surface area contributed by atoms with Crippen LogP contribution in [0.5, 0.6) is 0 Å². The van der Waals surface area contributed by atoms with Gasteiger partial charge in [-0.05, 0) is 24.3 Å². The highest BCUT2D eigenvalue weighted by molar-refractivity contribution is 6.06. The molecule has 15 heteroatoms. The van der Waals surface area contributed by atoms with Crippen LogP contribution in [0.1, 0.15) is 28.9 Å². The van der Waals surface area contributed by atoms with Crippen molar-refractivity contribution >= 4 is 29.3 Å². The minimum absolute atomic E-state index is 0.165. The van der Waals surface area contributed by atoms with Crippen LogP contribution in [0, 0.1) is 0 Å². The van der Waals surface area contributed by atoms with Crippen LogP contribution in [0.2, 0.25) is 0 Å². The molecule has 1 fully saturated rings. The van der Waals surface area contributed by atoms with Crippen LogP contribution < -0.4 is 21.7 Å². The van der Waals surface area contributed by atoms with Crippen molar-refractivity contribution in [3.8, 4) is 11.4 Å². The van der Waals surface area contributed by atoms with Gasteiger partial charge in [0.2, 0.25) is 0 Å². The lowest BCUT2D eigenvalue weighted by molar-refractivity contribution is -0.137. The molecule has 4 rings (SSSR count). The number of anilines is 3. The summed E-state index contributed by atoms with van der Waals surface area (Å²) in [4.78, 5) is 42.4. The minimum Gasteiger partial charge on any atom is -0.440 e. The number of primary amides is 1. The van der Waals surface area contributed by atoms with E-state index in [1.54, 1.807) is 12.1 Å². The van der Waals surface area contributed by atoms with E-state index in [2.05, 4.69) is 25.3 Å². The number of nitrogens with one attached hydrogen (secondary N) is 1. The highest BCUT2D eigenvalue weighted by Gasteiger charge is 2.39. The third-order valence-corrected chi connectivity index (χ3v) is 6.13. The van der Waals surface area contributed by atoms with Gasteiger partial charge in [0.05, 0.1) is 24.1 Å². The van der Waals surface area contributed by atoms with Gasteiger partial charge >= 0.3 is 12.3 Å². The summed E-state index contributed by atoms with van der Waals surface area (Å²) in [6.45, 7) is 1.01. The molecular weight excluding hydrogens is 521 g/mol. The Morgan fingerprint density at radius 3 is 2.49 bits per heavy atom. The number of methoxy groups -OCH3 is 1. The first-order chi connectivity index (χ1) is 18.5. The Bertz CT molecular complexity index is 1360. The van der Waals surface area contributed by atoms with Crippen molar-refractivity contribution in [2.24, 2.45) is 5.73 Å². The molecule has 39 heavy (non-hydrogen) atoms. The van der Waals surface area contributed by atoms with Gasteiger partial charge in [-0.3, -0.25) is 9.78 Å². The Kier molecular flexibility index (Phi) is 7.80. The zero-order chi connectivity index (χ0) is 28.2. The van der Waals surface area contributed by atoms with Crippen molar-refractivity contribution < 1.29 is 32.2 Å². The number of hydrogen-bond donors (Lipinski definition) is 3. The van der Waals surface area contributed by atoms with Crippen LogP contribution in [0.15, 0.2) is 42.9 Å². The summed E-state index contributed by atoms with van der Waals surface area (Å²) in [6, 6.07) is 5.41. The van der Waals surface area contributed by atoms with Gasteiger partial charge in [-0.2, -0.15) is 13.2 Å². The molecule has 0 aliphatic carbocycles. The third-order valence-electron chi connectivity index (χ3n) is 6.13. The van der Waals surface area contributed by atoms with Gasteiger partial charge in [-0.1, -0.05) is 0 Å². The highest BCUT2D eigenvalue weighted by Crippen LogP contribution is 2.36.